The Morgan fingerprint density at radius 1 is 1.04 bits per heavy atom. The van der Waals surface area contributed by atoms with E-state index in [1.165, 1.54) is 0 Å². The number of benzene rings is 1. The Balaban J connectivity index is 2.37. The third-order valence-corrected chi connectivity index (χ3v) is 3.30. The van der Waals surface area contributed by atoms with E-state index in [-0.39, 0.29) is 0 Å². The summed E-state index contributed by atoms with van der Waals surface area (Å²) in [6.45, 7) is 3.70. The highest BCUT2D eigenvalue weighted by Gasteiger charge is 2.18. The second kappa shape index (κ2) is 8.40. The Morgan fingerprint density at radius 3 is 2.35 bits per heavy atom. The summed E-state index contributed by atoms with van der Waals surface area (Å²) in [7, 11) is 3.26. The molecule has 1 heterocycles. The van der Waals surface area contributed by atoms with Crippen LogP contribution in [-0.2, 0) is 9.47 Å². The summed E-state index contributed by atoms with van der Waals surface area (Å²) < 4.78 is 21.7. The number of nitrogens with zero attached hydrogens (tertiary/aromatic N) is 1. The predicted octanol–water partition coefficient (Wildman–Crippen LogP) is 2.02. The second-order valence-corrected chi connectivity index (χ2v) is 4.91. The smallest absolute Gasteiger partial charge is 0.169 e. The van der Waals surface area contributed by atoms with E-state index in [2.05, 4.69) is 10.2 Å². The number of aromatic nitrogens is 2. The molecular formula is C16H23N3O4. The lowest BCUT2D eigenvalue weighted by atomic mass is 10.0. The van der Waals surface area contributed by atoms with Crippen LogP contribution in [-0.4, -0.2) is 50.8 Å². The zero-order chi connectivity index (χ0) is 16.7. The molecule has 1 aromatic carbocycles. The largest absolute Gasteiger partial charge is 0.487 e. The van der Waals surface area contributed by atoms with Gasteiger partial charge in [0.1, 0.15) is 19.0 Å². The number of hydrogen-bond acceptors (Lipinski definition) is 6. The normalized spacial score (nSPS) is 10.7. The molecule has 0 unspecified atom stereocenters. The maximum absolute atomic E-state index is 6.01. The lowest BCUT2D eigenvalue weighted by molar-refractivity contribution is 0.132. The van der Waals surface area contributed by atoms with Gasteiger partial charge < -0.3 is 24.7 Å². The quantitative estimate of drug-likeness (QED) is 0.687. The van der Waals surface area contributed by atoms with Gasteiger partial charge in [0, 0.05) is 19.8 Å². The van der Waals surface area contributed by atoms with Crippen molar-refractivity contribution in [3.63, 3.8) is 0 Å². The third kappa shape index (κ3) is 4.14. The van der Waals surface area contributed by atoms with Gasteiger partial charge in [0.25, 0.3) is 0 Å². The minimum atomic E-state index is 0.408. The van der Waals surface area contributed by atoms with E-state index in [0.717, 1.165) is 16.8 Å². The molecule has 3 N–H and O–H groups in total. The number of hydrogen-bond donors (Lipinski definition) is 2. The fraction of sp³-hybridized carbons (Fsp3) is 0.438. The summed E-state index contributed by atoms with van der Waals surface area (Å²) in [5.74, 6) is 1.75. The first-order chi connectivity index (χ1) is 11.2. The van der Waals surface area contributed by atoms with Crippen LogP contribution in [0, 0.1) is 6.92 Å². The van der Waals surface area contributed by atoms with E-state index >= 15 is 0 Å². The minimum absolute atomic E-state index is 0.408. The highest BCUT2D eigenvalue weighted by Crippen LogP contribution is 2.41. The molecule has 0 amide bonds. The Labute approximate surface area is 135 Å². The molecule has 1 aromatic heterocycles. The van der Waals surface area contributed by atoms with Crippen LogP contribution >= 0.6 is 0 Å². The van der Waals surface area contributed by atoms with Crippen LogP contribution < -0.4 is 15.2 Å². The zero-order valence-corrected chi connectivity index (χ0v) is 13.7. The molecule has 0 saturated heterocycles. The predicted molar refractivity (Wildman–Crippen MR) is 87.9 cm³/mol. The van der Waals surface area contributed by atoms with E-state index < -0.39 is 0 Å². The van der Waals surface area contributed by atoms with Crippen molar-refractivity contribution in [2.45, 2.75) is 6.92 Å². The van der Waals surface area contributed by atoms with Crippen molar-refractivity contribution in [1.29, 1.82) is 0 Å². The van der Waals surface area contributed by atoms with Crippen molar-refractivity contribution in [2.24, 2.45) is 0 Å². The number of aryl methyl sites for hydroxylation is 1. The van der Waals surface area contributed by atoms with Crippen molar-refractivity contribution in [1.82, 2.24) is 10.2 Å². The van der Waals surface area contributed by atoms with Gasteiger partial charge in [0.05, 0.1) is 24.5 Å². The molecule has 2 rings (SSSR count). The Kier molecular flexibility index (Phi) is 6.25. The molecule has 126 valence electrons. The van der Waals surface area contributed by atoms with E-state index in [1.54, 1.807) is 14.2 Å². The molecule has 0 aliphatic rings. The minimum Gasteiger partial charge on any atom is -0.487 e. The Hall–Kier alpha value is -2.25. The molecule has 0 saturated carbocycles. The van der Waals surface area contributed by atoms with Crippen LogP contribution in [0.15, 0.2) is 18.2 Å². The van der Waals surface area contributed by atoms with Crippen molar-refractivity contribution in [3.05, 3.63) is 23.9 Å². The second-order valence-electron chi connectivity index (χ2n) is 4.91. The van der Waals surface area contributed by atoms with Crippen LogP contribution in [0.5, 0.6) is 11.5 Å². The molecule has 7 nitrogen and oxygen atoms in total. The summed E-state index contributed by atoms with van der Waals surface area (Å²) in [6.07, 6.45) is 0. The van der Waals surface area contributed by atoms with Gasteiger partial charge in [-0.3, -0.25) is 5.10 Å². The molecule has 0 atom stereocenters. The van der Waals surface area contributed by atoms with Gasteiger partial charge in [0.2, 0.25) is 0 Å². The maximum atomic E-state index is 6.01. The molecule has 0 aliphatic carbocycles. The first kappa shape index (κ1) is 17.1. The standard InChI is InChI=1S/C16H23N3O4/c1-11-14(16(17)19-18-11)12-5-4-6-13(22-9-7-20-2)15(12)23-10-8-21-3/h4-6H,7-10H2,1-3H3,(H3,17,18,19). The summed E-state index contributed by atoms with van der Waals surface area (Å²) in [5.41, 5.74) is 8.46. The average Bonchev–Trinajstić information content (AvgIpc) is 2.88. The number of nitrogens with two attached hydrogens (primary N) is 1. The van der Waals surface area contributed by atoms with Crippen LogP contribution in [0.2, 0.25) is 0 Å². The van der Waals surface area contributed by atoms with Crippen LogP contribution in [0.3, 0.4) is 0 Å². The fourth-order valence-corrected chi connectivity index (χ4v) is 2.23. The maximum Gasteiger partial charge on any atom is 0.169 e. The van der Waals surface area contributed by atoms with Crippen molar-refractivity contribution >= 4 is 5.82 Å². The van der Waals surface area contributed by atoms with Gasteiger partial charge in [-0.05, 0) is 13.0 Å². The number of aromatic amines is 1. The number of anilines is 1. The van der Waals surface area contributed by atoms with Crippen molar-refractivity contribution in [3.8, 4) is 22.6 Å². The van der Waals surface area contributed by atoms with Gasteiger partial charge in [-0.15, -0.1) is 0 Å². The molecule has 2 aromatic rings. The van der Waals surface area contributed by atoms with Crippen LogP contribution in [0.1, 0.15) is 5.69 Å². The molecule has 23 heavy (non-hydrogen) atoms. The van der Waals surface area contributed by atoms with Crippen molar-refractivity contribution < 1.29 is 18.9 Å². The van der Waals surface area contributed by atoms with Crippen LogP contribution in [0.4, 0.5) is 5.82 Å². The van der Waals surface area contributed by atoms with Gasteiger partial charge in [0.15, 0.2) is 11.5 Å². The molecule has 0 fully saturated rings. The van der Waals surface area contributed by atoms with E-state index in [9.17, 15) is 0 Å². The van der Waals surface area contributed by atoms with Gasteiger partial charge >= 0.3 is 0 Å². The molecule has 0 radical (unpaired) electrons. The highest BCUT2D eigenvalue weighted by atomic mass is 16.5. The first-order valence-corrected chi connectivity index (χ1v) is 7.36. The lowest BCUT2D eigenvalue weighted by Gasteiger charge is -2.16. The Morgan fingerprint density at radius 2 is 1.74 bits per heavy atom. The number of nitrogens with one attached hydrogen (secondary N) is 1. The fourth-order valence-electron chi connectivity index (χ4n) is 2.23. The van der Waals surface area contributed by atoms with Crippen molar-refractivity contribution in [2.75, 3.05) is 46.4 Å². The van der Waals surface area contributed by atoms with E-state index in [4.69, 9.17) is 24.7 Å². The average molecular weight is 321 g/mol. The molecule has 0 bridgehead atoms. The molecule has 0 spiro atoms. The van der Waals surface area contributed by atoms with E-state index in [0.29, 0.717) is 43.7 Å². The SMILES string of the molecule is COCCOc1cccc(-c2c(C)n[nH]c2N)c1OCCOC. The number of ether oxygens (including phenoxy) is 4. The number of H-pyrrole nitrogens is 1. The van der Waals surface area contributed by atoms with Crippen LogP contribution in [0.25, 0.3) is 11.1 Å². The number of nitrogen functional groups attached to an aromatic ring is 1. The summed E-state index contributed by atoms with van der Waals surface area (Å²) >= 11 is 0. The molecular weight excluding hydrogens is 298 g/mol. The zero-order valence-electron chi connectivity index (χ0n) is 13.7. The van der Waals surface area contributed by atoms with E-state index in [1.807, 2.05) is 25.1 Å². The number of rotatable bonds is 9. The topological polar surface area (TPSA) is 91.6 Å². The van der Waals surface area contributed by atoms with Gasteiger partial charge in [-0.2, -0.15) is 5.10 Å². The summed E-state index contributed by atoms with van der Waals surface area (Å²) in [5, 5.41) is 6.93. The molecule has 0 aliphatic heterocycles. The Bertz CT molecular complexity index is 608. The van der Waals surface area contributed by atoms with Gasteiger partial charge in [-0.25, -0.2) is 0 Å². The monoisotopic (exact) mass is 321 g/mol. The molecule has 7 heteroatoms. The summed E-state index contributed by atoms with van der Waals surface area (Å²) in [4.78, 5) is 0. The number of methoxy groups -OCH3 is 2. The summed E-state index contributed by atoms with van der Waals surface area (Å²) in [6, 6.07) is 5.68. The van der Waals surface area contributed by atoms with Gasteiger partial charge in [-0.1, -0.05) is 12.1 Å². The lowest BCUT2D eigenvalue weighted by Crippen LogP contribution is -2.09. The number of para-hydroxylation sites is 1. The highest BCUT2D eigenvalue weighted by molar-refractivity contribution is 5.82. The first-order valence-electron chi connectivity index (χ1n) is 7.36. The third-order valence-electron chi connectivity index (χ3n) is 3.30.